The fraction of sp³-hybridized carbons (Fsp3) is 0.0625. The van der Waals surface area contributed by atoms with Crippen LogP contribution < -0.4 is 0 Å². The zero-order valence-electron chi connectivity index (χ0n) is 11.5. The third kappa shape index (κ3) is 3.53. The number of nitro groups is 1. The Kier molecular flexibility index (Phi) is 4.96. The Labute approximate surface area is 137 Å². The van der Waals surface area contributed by atoms with Gasteiger partial charge in [-0.15, -0.1) is 0 Å². The van der Waals surface area contributed by atoms with E-state index in [9.17, 15) is 14.9 Å². The summed E-state index contributed by atoms with van der Waals surface area (Å²) in [4.78, 5) is 22.5. The molecule has 0 bridgehead atoms. The average molecular weight is 336 g/mol. The number of aryl methyl sites for hydroxylation is 1. The summed E-state index contributed by atoms with van der Waals surface area (Å²) in [5.74, 6) is -0.362. The summed E-state index contributed by atoms with van der Waals surface area (Å²) in [7, 11) is 0. The van der Waals surface area contributed by atoms with E-state index >= 15 is 0 Å². The normalized spacial score (nSPS) is 10.9. The lowest BCUT2D eigenvalue weighted by Crippen LogP contribution is -1.98. The van der Waals surface area contributed by atoms with Gasteiger partial charge in [0.2, 0.25) is 0 Å². The fourth-order valence-electron chi connectivity index (χ4n) is 1.88. The molecule has 0 amide bonds. The van der Waals surface area contributed by atoms with E-state index in [-0.39, 0.29) is 17.0 Å². The van der Waals surface area contributed by atoms with Crippen LogP contribution in [0.25, 0.3) is 6.08 Å². The summed E-state index contributed by atoms with van der Waals surface area (Å²) in [6.45, 7) is 1.62. The lowest BCUT2D eigenvalue weighted by molar-refractivity contribution is -0.385. The van der Waals surface area contributed by atoms with Gasteiger partial charge in [-0.05, 0) is 31.2 Å². The number of nitro benzene ring substituents is 1. The zero-order valence-corrected chi connectivity index (χ0v) is 13.1. The van der Waals surface area contributed by atoms with E-state index in [0.29, 0.717) is 21.2 Å². The Morgan fingerprint density at radius 2 is 1.82 bits per heavy atom. The SMILES string of the molecule is Cc1ccc(C(=O)C=Cc2c(Cl)cccc2Cl)cc1[N+](=O)[O-]. The number of hydrogen-bond donors (Lipinski definition) is 0. The minimum Gasteiger partial charge on any atom is -0.289 e. The maximum atomic E-state index is 12.1. The van der Waals surface area contributed by atoms with Crippen LogP contribution >= 0.6 is 23.2 Å². The van der Waals surface area contributed by atoms with Crippen LogP contribution in [0.4, 0.5) is 5.69 Å². The molecule has 0 saturated heterocycles. The highest BCUT2D eigenvalue weighted by Crippen LogP contribution is 2.26. The van der Waals surface area contributed by atoms with Crippen molar-refractivity contribution in [3.8, 4) is 0 Å². The van der Waals surface area contributed by atoms with E-state index in [0.717, 1.165) is 0 Å². The molecular formula is C16H11Cl2NO3. The number of hydrogen-bond acceptors (Lipinski definition) is 3. The maximum absolute atomic E-state index is 12.1. The molecule has 0 atom stereocenters. The van der Waals surface area contributed by atoms with Crippen molar-refractivity contribution in [3.05, 3.63) is 79.3 Å². The van der Waals surface area contributed by atoms with Gasteiger partial charge in [-0.2, -0.15) is 0 Å². The first kappa shape index (κ1) is 16.2. The predicted molar refractivity (Wildman–Crippen MR) is 87.7 cm³/mol. The molecule has 0 N–H and O–H groups in total. The van der Waals surface area contributed by atoms with Crippen molar-refractivity contribution in [2.24, 2.45) is 0 Å². The van der Waals surface area contributed by atoms with Crippen molar-refractivity contribution in [3.63, 3.8) is 0 Å². The molecule has 2 aromatic carbocycles. The van der Waals surface area contributed by atoms with Gasteiger partial charge in [0, 0.05) is 32.8 Å². The molecule has 22 heavy (non-hydrogen) atoms. The van der Waals surface area contributed by atoms with E-state index in [1.165, 1.54) is 18.2 Å². The standard InChI is InChI=1S/C16H11Cl2NO3/c1-10-5-6-11(9-15(10)19(21)22)16(20)8-7-12-13(17)3-2-4-14(12)18/h2-9H,1H3. The van der Waals surface area contributed by atoms with Crippen molar-refractivity contribution in [2.45, 2.75) is 6.92 Å². The van der Waals surface area contributed by atoms with Gasteiger partial charge in [0.1, 0.15) is 0 Å². The number of halogens is 2. The van der Waals surface area contributed by atoms with E-state index in [1.807, 2.05) is 0 Å². The van der Waals surface area contributed by atoms with Crippen LogP contribution in [0.15, 0.2) is 42.5 Å². The van der Waals surface area contributed by atoms with Crippen LogP contribution in [0.1, 0.15) is 21.5 Å². The molecule has 0 aromatic heterocycles. The van der Waals surface area contributed by atoms with Gasteiger partial charge < -0.3 is 0 Å². The number of carbonyl (C=O) groups excluding carboxylic acids is 1. The lowest BCUT2D eigenvalue weighted by Gasteiger charge is -2.02. The quantitative estimate of drug-likeness (QED) is 0.337. The third-order valence-electron chi connectivity index (χ3n) is 3.09. The molecule has 4 nitrogen and oxygen atoms in total. The van der Waals surface area contributed by atoms with E-state index in [1.54, 1.807) is 37.3 Å². The smallest absolute Gasteiger partial charge is 0.273 e. The summed E-state index contributed by atoms with van der Waals surface area (Å²) < 4.78 is 0. The molecule has 0 spiro atoms. The minimum absolute atomic E-state index is 0.0879. The number of ketones is 1. The van der Waals surface area contributed by atoms with Crippen LogP contribution in [-0.2, 0) is 0 Å². The number of rotatable bonds is 4. The van der Waals surface area contributed by atoms with Gasteiger partial charge in [0.25, 0.3) is 5.69 Å². The maximum Gasteiger partial charge on any atom is 0.273 e. The van der Waals surface area contributed by atoms with Gasteiger partial charge in [-0.1, -0.05) is 41.4 Å². The lowest BCUT2D eigenvalue weighted by atomic mass is 10.1. The van der Waals surface area contributed by atoms with Gasteiger partial charge in [0.05, 0.1) is 4.92 Å². The second kappa shape index (κ2) is 6.73. The molecule has 0 aliphatic rings. The topological polar surface area (TPSA) is 60.2 Å². The Hall–Kier alpha value is -2.17. The average Bonchev–Trinajstić information content (AvgIpc) is 2.46. The van der Waals surface area contributed by atoms with Crippen molar-refractivity contribution in [1.82, 2.24) is 0 Å². The van der Waals surface area contributed by atoms with Crippen molar-refractivity contribution < 1.29 is 9.72 Å². The third-order valence-corrected chi connectivity index (χ3v) is 3.75. The predicted octanol–water partition coefficient (Wildman–Crippen LogP) is 5.11. The largest absolute Gasteiger partial charge is 0.289 e. The Morgan fingerprint density at radius 1 is 1.18 bits per heavy atom. The Bertz CT molecular complexity index is 765. The zero-order chi connectivity index (χ0) is 16.3. The fourth-order valence-corrected chi connectivity index (χ4v) is 2.41. The first-order chi connectivity index (χ1) is 10.4. The summed E-state index contributed by atoms with van der Waals surface area (Å²) in [5, 5.41) is 11.8. The van der Waals surface area contributed by atoms with Crippen molar-refractivity contribution in [1.29, 1.82) is 0 Å². The first-order valence-electron chi connectivity index (χ1n) is 6.31. The highest BCUT2D eigenvalue weighted by atomic mass is 35.5. The highest BCUT2D eigenvalue weighted by Gasteiger charge is 2.13. The summed E-state index contributed by atoms with van der Waals surface area (Å²) in [6, 6.07) is 9.37. The minimum atomic E-state index is -0.513. The van der Waals surface area contributed by atoms with Crippen molar-refractivity contribution >= 4 is 40.7 Å². The van der Waals surface area contributed by atoms with Crippen LogP contribution in [0.3, 0.4) is 0 Å². The number of benzene rings is 2. The number of carbonyl (C=O) groups is 1. The highest BCUT2D eigenvalue weighted by molar-refractivity contribution is 6.37. The van der Waals surface area contributed by atoms with E-state index in [4.69, 9.17) is 23.2 Å². The number of allylic oxidation sites excluding steroid dienone is 1. The van der Waals surface area contributed by atoms with Gasteiger partial charge in [0.15, 0.2) is 5.78 Å². The molecule has 112 valence electrons. The van der Waals surface area contributed by atoms with Crippen LogP contribution in [-0.4, -0.2) is 10.7 Å². The van der Waals surface area contributed by atoms with Gasteiger partial charge in [-0.25, -0.2) is 0 Å². The molecule has 0 radical (unpaired) electrons. The molecule has 0 fully saturated rings. The monoisotopic (exact) mass is 335 g/mol. The Balaban J connectivity index is 2.32. The van der Waals surface area contributed by atoms with Gasteiger partial charge >= 0.3 is 0 Å². The van der Waals surface area contributed by atoms with Crippen LogP contribution in [0.5, 0.6) is 0 Å². The number of nitrogens with zero attached hydrogens (tertiary/aromatic N) is 1. The summed E-state index contributed by atoms with van der Waals surface area (Å²) in [5.41, 5.74) is 1.17. The van der Waals surface area contributed by atoms with E-state index < -0.39 is 4.92 Å². The molecule has 2 aromatic rings. The molecule has 0 heterocycles. The van der Waals surface area contributed by atoms with E-state index in [2.05, 4.69) is 0 Å². The second-order valence-electron chi connectivity index (χ2n) is 4.59. The Morgan fingerprint density at radius 3 is 2.41 bits per heavy atom. The summed E-state index contributed by atoms with van der Waals surface area (Å²) in [6.07, 6.45) is 2.79. The van der Waals surface area contributed by atoms with Crippen LogP contribution in [0.2, 0.25) is 10.0 Å². The molecule has 2 rings (SSSR count). The van der Waals surface area contributed by atoms with Crippen LogP contribution in [0, 0.1) is 17.0 Å². The van der Waals surface area contributed by atoms with Gasteiger partial charge in [-0.3, -0.25) is 14.9 Å². The van der Waals surface area contributed by atoms with Crippen molar-refractivity contribution in [2.75, 3.05) is 0 Å². The molecule has 0 unspecified atom stereocenters. The molecule has 0 saturated carbocycles. The summed E-state index contributed by atoms with van der Waals surface area (Å²) >= 11 is 12.0. The molecule has 6 heteroatoms. The molecule has 0 aliphatic carbocycles. The first-order valence-corrected chi connectivity index (χ1v) is 7.07. The molecule has 0 aliphatic heterocycles. The molecular weight excluding hydrogens is 325 g/mol. The second-order valence-corrected chi connectivity index (χ2v) is 5.41.